The van der Waals surface area contributed by atoms with Crippen molar-refractivity contribution in [2.24, 2.45) is 29.7 Å². The van der Waals surface area contributed by atoms with Gasteiger partial charge >= 0.3 is 5.97 Å². The predicted molar refractivity (Wildman–Crippen MR) is 165 cm³/mol. The molecule has 6 atom stereocenters. The van der Waals surface area contributed by atoms with E-state index < -0.39 is 23.5 Å². The molecule has 3 aliphatic rings. The molecule has 10 nitrogen and oxygen atoms in total. The highest BCUT2D eigenvalue weighted by Gasteiger charge is 2.58. The summed E-state index contributed by atoms with van der Waals surface area (Å²) in [5, 5.41) is 25.7. The second kappa shape index (κ2) is 10.9. The Morgan fingerprint density at radius 1 is 1.30 bits per heavy atom. The van der Waals surface area contributed by atoms with Gasteiger partial charge in [0.2, 0.25) is 5.95 Å². The number of aliphatic hydroxyl groups excluding tert-OH is 2. The minimum Gasteiger partial charge on any atom is -0.423 e. The standard InChI is InChI=1S/C33H40N6O4/c1-19-8-9-26-32(2,11-10-27(41)33(26,3)18-40)24(19)15-25(37-28-7-5-6-12-35-28)22-14-21(43-30(22)42)13-20-17-39(4)29-23(20)16-36-31(34)38-29/h5-7,12-14,16-17,24-27,40-41H,1,8-11,15,18H2,2-4H3,(H,35,37)(H2,34,36,38)/t24?,25?,26?,27-,32-,33+/m1/s1. The molecule has 4 heterocycles. The van der Waals surface area contributed by atoms with Crippen LogP contribution in [0, 0.1) is 22.7 Å². The van der Waals surface area contributed by atoms with Gasteiger partial charge in [0, 0.05) is 42.0 Å². The Balaban J connectivity index is 1.37. The van der Waals surface area contributed by atoms with E-state index in [0.29, 0.717) is 35.6 Å². The zero-order valence-electron chi connectivity index (χ0n) is 25.0. The minimum atomic E-state index is -0.593. The molecule has 0 radical (unpaired) electrons. The Hall–Kier alpha value is -4.02. The molecule has 0 aromatic carbocycles. The van der Waals surface area contributed by atoms with E-state index in [9.17, 15) is 15.0 Å². The van der Waals surface area contributed by atoms with Crippen molar-refractivity contribution in [3.05, 3.63) is 71.9 Å². The van der Waals surface area contributed by atoms with Crippen LogP contribution in [0.1, 0.15) is 51.5 Å². The molecule has 0 spiro atoms. The number of cyclic esters (lactones) is 1. The monoisotopic (exact) mass is 584 g/mol. The summed E-state index contributed by atoms with van der Waals surface area (Å²) in [6, 6.07) is 5.23. The second-order valence-electron chi connectivity index (χ2n) is 12.9. The normalized spacial score (nSPS) is 30.7. The first-order valence-electron chi connectivity index (χ1n) is 14.9. The van der Waals surface area contributed by atoms with Gasteiger partial charge in [-0.1, -0.05) is 32.1 Å². The van der Waals surface area contributed by atoms with Gasteiger partial charge in [0.25, 0.3) is 0 Å². The van der Waals surface area contributed by atoms with Gasteiger partial charge < -0.3 is 30.6 Å². The van der Waals surface area contributed by atoms with Crippen LogP contribution >= 0.6 is 0 Å². The van der Waals surface area contributed by atoms with Crippen molar-refractivity contribution in [2.45, 2.75) is 58.1 Å². The summed E-state index contributed by atoms with van der Waals surface area (Å²) < 4.78 is 7.66. The lowest BCUT2D eigenvalue weighted by atomic mass is 9.46. The van der Waals surface area contributed by atoms with Crippen LogP contribution in [0.5, 0.6) is 0 Å². The van der Waals surface area contributed by atoms with Crippen LogP contribution in [-0.2, 0) is 16.6 Å². The average Bonchev–Trinajstić information content (AvgIpc) is 3.50. The number of carbonyl (C=O) groups excluding carboxylic acids is 1. The molecule has 3 aromatic heterocycles. The van der Waals surface area contributed by atoms with Gasteiger partial charge in [-0.2, -0.15) is 4.98 Å². The van der Waals surface area contributed by atoms with Crippen LogP contribution in [0.15, 0.2) is 66.3 Å². The number of hydrogen-bond acceptors (Lipinski definition) is 9. The minimum absolute atomic E-state index is 0.0493. The quantitative estimate of drug-likeness (QED) is 0.234. The number of esters is 1. The SMILES string of the molecule is C=C1CCC2[C@](C)(CC[C@@H](O)[C@@]2(C)CO)C1CC(Nc1ccccn1)C1=CC(=Cc2cn(C)c3nc(N)ncc23)OC1=O. The van der Waals surface area contributed by atoms with Crippen molar-refractivity contribution in [1.29, 1.82) is 0 Å². The molecular weight excluding hydrogens is 544 g/mol. The highest BCUT2D eigenvalue weighted by atomic mass is 16.5. The molecule has 0 bridgehead atoms. The van der Waals surface area contributed by atoms with E-state index in [-0.39, 0.29) is 29.8 Å². The lowest BCUT2D eigenvalue weighted by molar-refractivity contribution is -0.152. The predicted octanol–water partition coefficient (Wildman–Crippen LogP) is 4.38. The molecule has 43 heavy (non-hydrogen) atoms. The van der Waals surface area contributed by atoms with Crippen molar-refractivity contribution in [1.82, 2.24) is 19.5 Å². The average molecular weight is 585 g/mol. The number of anilines is 2. The molecule has 10 heteroatoms. The summed E-state index contributed by atoms with van der Waals surface area (Å²) in [6.45, 7) is 8.71. The number of aliphatic hydroxyl groups is 2. The Morgan fingerprint density at radius 2 is 2.12 bits per heavy atom. The third-order valence-electron chi connectivity index (χ3n) is 10.3. The Bertz CT molecular complexity index is 1630. The van der Waals surface area contributed by atoms with E-state index in [1.807, 2.05) is 49.0 Å². The van der Waals surface area contributed by atoms with Crippen molar-refractivity contribution in [3.8, 4) is 0 Å². The first kappa shape index (κ1) is 29.1. The number of nitrogens with zero attached hydrogens (tertiary/aromatic N) is 4. The van der Waals surface area contributed by atoms with Gasteiger partial charge in [0.05, 0.1) is 24.3 Å². The van der Waals surface area contributed by atoms with Crippen LogP contribution < -0.4 is 11.1 Å². The molecule has 6 rings (SSSR count). The van der Waals surface area contributed by atoms with E-state index in [4.69, 9.17) is 10.5 Å². The van der Waals surface area contributed by atoms with Gasteiger partial charge in [-0.05, 0) is 73.6 Å². The van der Waals surface area contributed by atoms with E-state index in [2.05, 4.69) is 33.8 Å². The Kier molecular flexibility index (Phi) is 7.38. The second-order valence-corrected chi connectivity index (χ2v) is 12.9. The number of ether oxygens (including phenoxy) is 1. The van der Waals surface area contributed by atoms with Crippen molar-refractivity contribution < 1.29 is 19.7 Å². The number of pyridine rings is 1. The van der Waals surface area contributed by atoms with E-state index in [0.717, 1.165) is 35.8 Å². The highest BCUT2D eigenvalue weighted by molar-refractivity contribution is 5.96. The van der Waals surface area contributed by atoms with Crippen LogP contribution in [-0.4, -0.2) is 54.5 Å². The van der Waals surface area contributed by atoms with Gasteiger partial charge in [0.15, 0.2) is 0 Å². The lowest BCUT2D eigenvalue weighted by Gasteiger charge is -2.60. The Morgan fingerprint density at radius 3 is 2.86 bits per heavy atom. The Labute approximate surface area is 251 Å². The maximum atomic E-state index is 13.5. The van der Waals surface area contributed by atoms with Crippen LogP contribution in [0.2, 0.25) is 0 Å². The number of nitrogens with two attached hydrogens (primary N) is 1. The van der Waals surface area contributed by atoms with E-state index in [1.54, 1.807) is 18.5 Å². The number of nitrogen functional groups attached to an aromatic ring is 1. The number of aromatic nitrogens is 4. The first-order valence-corrected chi connectivity index (χ1v) is 14.9. The van der Waals surface area contributed by atoms with Gasteiger partial charge in [-0.25, -0.2) is 14.8 Å². The molecule has 226 valence electrons. The zero-order valence-corrected chi connectivity index (χ0v) is 25.0. The summed E-state index contributed by atoms with van der Waals surface area (Å²) >= 11 is 0. The number of hydrogen-bond donors (Lipinski definition) is 4. The van der Waals surface area contributed by atoms with Gasteiger partial charge in [-0.3, -0.25) is 0 Å². The van der Waals surface area contributed by atoms with Crippen molar-refractivity contribution in [3.63, 3.8) is 0 Å². The van der Waals surface area contributed by atoms with Crippen LogP contribution in [0.3, 0.4) is 0 Å². The smallest absolute Gasteiger partial charge is 0.341 e. The molecule has 1 aliphatic heterocycles. The number of fused-ring (bicyclic) bond motifs is 2. The number of allylic oxidation sites excluding steroid dienone is 2. The van der Waals surface area contributed by atoms with Gasteiger partial charge in [-0.15, -0.1) is 0 Å². The summed E-state index contributed by atoms with van der Waals surface area (Å²) in [6.07, 6.45) is 12.1. The van der Waals surface area contributed by atoms with E-state index >= 15 is 0 Å². The van der Waals surface area contributed by atoms with Crippen LogP contribution in [0.4, 0.5) is 11.8 Å². The lowest BCUT2D eigenvalue weighted by Crippen LogP contribution is -2.58. The summed E-state index contributed by atoms with van der Waals surface area (Å²) in [4.78, 5) is 26.4. The molecule has 3 aromatic rings. The first-order chi connectivity index (χ1) is 20.5. The molecule has 3 unspecified atom stereocenters. The van der Waals surface area contributed by atoms with Crippen molar-refractivity contribution >= 4 is 34.8 Å². The number of rotatable bonds is 7. The largest absolute Gasteiger partial charge is 0.423 e. The topological polar surface area (TPSA) is 148 Å². The fourth-order valence-corrected chi connectivity index (χ4v) is 7.95. The summed E-state index contributed by atoms with van der Waals surface area (Å²) in [5.74, 6) is 1.03. The molecule has 2 fully saturated rings. The highest BCUT2D eigenvalue weighted by Crippen LogP contribution is 2.62. The summed E-state index contributed by atoms with van der Waals surface area (Å²) in [7, 11) is 1.88. The third kappa shape index (κ3) is 5.02. The molecule has 0 saturated heterocycles. The summed E-state index contributed by atoms with van der Waals surface area (Å²) in [5.41, 5.74) is 8.14. The zero-order chi connectivity index (χ0) is 30.5. The maximum absolute atomic E-state index is 13.5. The van der Waals surface area contributed by atoms with Gasteiger partial charge in [0.1, 0.15) is 17.2 Å². The number of nitrogens with one attached hydrogen (secondary N) is 1. The number of carbonyl (C=O) groups is 1. The third-order valence-corrected chi connectivity index (χ3v) is 10.3. The molecule has 2 saturated carbocycles. The maximum Gasteiger partial charge on any atom is 0.341 e. The van der Waals surface area contributed by atoms with Crippen LogP contribution in [0.25, 0.3) is 17.1 Å². The molecule has 5 N–H and O–H groups in total. The fourth-order valence-electron chi connectivity index (χ4n) is 7.95. The molecule has 0 amide bonds. The van der Waals surface area contributed by atoms with E-state index in [1.165, 1.54) is 0 Å². The number of aryl methyl sites for hydroxylation is 1. The molecule has 2 aliphatic carbocycles. The fraction of sp³-hybridized carbons (Fsp3) is 0.455. The molecular formula is C33H40N6O4. The van der Waals surface area contributed by atoms with Crippen molar-refractivity contribution in [2.75, 3.05) is 17.7 Å².